The number of rotatable bonds is 3. The van der Waals surface area contributed by atoms with E-state index >= 15 is 0 Å². The van der Waals surface area contributed by atoms with E-state index in [4.69, 9.17) is 10.6 Å². The Morgan fingerprint density at radius 2 is 2.46 bits per heavy atom. The fourth-order valence-corrected chi connectivity index (χ4v) is 1.56. The summed E-state index contributed by atoms with van der Waals surface area (Å²) in [5.41, 5.74) is 2.72. The topological polar surface area (TPSA) is 77.2 Å². The van der Waals surface area contributed by atoms with Crippen LogP contribution in [0.2, 0.25) is 0 Å². The Morgan fingerprint density at radius 1 is 1.77 bits per heavy atom. The van der Waals surface area contributed by atoms with Crippen molar-refractivity contribution < 1.29 is 9.53 Å². The lowest BCUT2D eigenvalue weighted by molar-refractivity contribution is 0.0519. The Balaban J connectivity index is 2.87. The van der Waals surface area contributed by atoms with Gasteiger partial charge in [-0.15, -0.1) is 11.3 Å². The molecule has 13 heavy (non-hydrogen) atoms. The molecule has 0 aromatic carbocycles. The highest BCUT2D eigenvalue weighted by Gasteiger charge is 2.15. The number of carbonyl (C=O) groups excluding carboxylic acids is 1. The number of esters is 1. The van der Waals surface area contributed by atoms with Crippen LogP contribution in [0.3, 0.4) is 0 Å². The Bertz CT molecular complexity index is 311. The molecule has 0 unspecified atom stereocenters. The lowest BCUT2D eigenvalue weighted by Crippen LogP contribution is -2.09. The Hall–Kier alpha value is -1.14. The third-order valence-corrected chi connectivity index (χ3v) is 2.29. The maximum atomic E-state index is 11.2. The normalized spacial score (nSPS) is 9.77. The molecule has 72 valence electrons. The van der Waals surface area contributed by atoms with Crippen LogP contribution in [0, 0.1) is 6.92 Å². The van der Waals surface area contributed by atoms with Crippen LogP contribution in [-0.2, 0) is 4.74 Å². The molecule has 0 radical (unpaired) electrons. The summed E-state index contributed by atoms with van der Waals surface area (Å²) >= 11 is 1.32. The number of aryl methyl sites for hydroxylation is 1. The van der Waals surface area contributed by atoms with Crippen molar-refractivity contribution in [3.8, 4) is 0 Å². The number of nitrogens with zero attached hydrogens (tertiary/aromatic N) is 1. The number of nitrogen functional groups attached to an aromatic ring is 1. The third-order valence-electron chi connectivity index (χ3n) is 1.39. The van der Waals surface area contributed by atoms with Gasteiger partial charge in [-0.3, -0.25) is 5.43 Å². The van der Waals surface area contributed by atoms with E-state index in [9.17, 15) is 4.79 Å². The van der Waals surface area contributed by atoms with Crippen LogP contribution in [0.25, 0.3) is 0 Å². The molecular weight excluding hydrogens is 190 g/mol. The second kappa shape index (κ2) is 4.20. The fraction of sp³-hybridized carbons (Fsp3) is 0.429. The van der Waals surface area contributed by atoms with Crippen molar-refractivity contribution in [2.45, 2.75) is 13.8 Å². The van der Waals surface area contributed by atoms with E-state index in [1.165, 1.54) is 11.3 Å². The zero-order valence-electron chi connectivity index (χ0n) is 7.46. The number of carbonyl (C=O) groups is 1. The summed E-state index contributed by atoms with van der Waals surface area (Å²) in [6.45, 7) is 3.90. The molecule has 0 atom stereocenters. The number of hydrogen-bond donors (Lipinski definition) is 2. The van der Waals surface area contributed by atoms with Gasteiger partial charge in [-0.1, -0.05) is 0 Å². The maximum absolute atomic E-state index is 11.2. The van der Waals surface area contributed by atoms with Gasteiger partial charge >= 0.3 is 5.97 Å². The highest BCUT2D eigenvalue weighted by atomic mass is 32.1. The van der Waals surface area contributed by atoms with Crippen LogP contribution in [0.15, 0.2) is 0 Å². The number of ether oxygens (including phenoxy) is 1. The molecule has 0 bridgehead atoms. The van der Waals surface area contributed by atoms with Crippen LogP contribution in [0.4, 0.5) is 5.13 Å². The summed E-state index contributed by atoms with van der Waals surface area (Å²) in [5, 5.41) is 0.514. The highest BCUT2D eigenvalue weighted by molar-refractivity contribution is 7.15. The molecule has 1 aromatic rings. The minimum atomic E-state index is -0.405. The first-order valence-corrected chi connectivity index (χ1v) is 4.61. The van der Waals surface area contributed by atoms with E-state index in [0.29, 0.717) is 17.4 Å². The van der Waals surface area contributed by atoms with Crippen molar-refractivity contribution in [3.05, 3.63) is 10.6 Å². The van der Waals surface area contributed by atoms with Gasteiger partial charge in [-0.2, -0.15) is 0 Å². The molecule has 1 aromatic heterocycles. The van der Waals surface area contributed by atoms with E-state index < -0.39 is 5.97 Å². The fourth-order valence-electron chi connectivity index (χ4n) is 0.847. The lowest BCUT2D eigenvalue weighted by Gasteiger charge is -1.97. The molecule has 0 spiro atoms. The summed E-state index contributed by atoms with van der Waals surface area (Å²) in [4.78, 5) is 16.0. The maximum Gasteiger partial charge on any atom is 0.358 e. The predicted molar refractivity (Wildman–Crippen MR) is 50.6 cm³/mol. The number of hydrogen-bond acceptors (Lipinski definition) is 6. The van der Waals surface area contributed by atoms with Crippen molar-refractivity contribution in [2.24, 2.45) is 5.84 Å². The molecule has 0 aliphatic heterocycles. The quantitative estimate of drug-likeness (QED) is 0.432. The summed E-state index contributed by atoms with van der Waals surface area (Å²) in [5.74, 6) is 4.75. The Morgan fingerprint density at radius 3 is 2.92 bits per heavy atom. The summed E-state index contributed by atoms with van der Waals surface area (Å²) < 4.78 is 4.80. The lowest BCUT2D eigenvalue weighted by atomic mass is 10.4. The van der Waals surface area contributed by atoms with Crippen molar-refractivity contribution in [1.82, 2.24) is 4.98 Å². The van der Waals surface area contributed by atoms with Gasteiger partial charge in [0.05, 0.1) is 6.61 Å². The van der Waals surface area contributed by atoms with Gasteiger partial charge < -0.3 is 4.74 Å². The molecule has 1 heterocycles. The molecular formula is C7H11N3O2S. The van der Waals surface area contributed by atoms with Gasteiger partial charge in [0.15, 0.2) is 10.8 Å². The zero-order chi connectivity index (χ0) is 9.84. The summed E-state index contributed by atoms with van der Waals surface area (Å²) in [6.07, 6.45) is 0. The SMILES string of the molecule is CCOC(=O)c1nc(NN)sc1C. The number of anilines is 1. The van der Waals surface area contributed by atoms with E-state index in [2.05, 4.69) is 10.4 Å². The molecule has 0 aliphatic carbocycles. The largest absolute Gasteiger partial charge is 0.461 e. The van der Waals surface area contributed by atoms with E-state index in [-0.39, 0.29) is 0 Å². The molecule has 5 nitrogen and oxygen atoms in total. The monoisotopic (exact) mass is 201 g/mol. The van der Waals surface area contributed by atoms with Crippen LogP contribution in [0.5, 0.6) is 0 Å². The number of thiazole rings is 1. The van der Waals surface area contributed by atoms with Gasteiger partial charge in [-0.05, 0) is 13.8 Å². The van der Waals surface area contributed by atoms with Gasteiger partial charge in [0, 0.05) is 4.88 Å². The van der Waals surface area contributed by atoms with Gasteiger partial charge in [-0.25, -0.2) is 15.6 Å². The summed E-state index contributed by atoms with van der Waals surface area (Å²) in [7, 11) is 0. The summed E-state index contributed by atoms with van der Waals surface area (Å²) in [6, 6.07) is 0. The average Bonchev–Trinajstić information content (AvgIpc) is 2.47. The van der Waals surface area contributed by atoms with E-state index in [1.807, 2.05) is 0 Å². The molecule has 6 heteroatoms. The van der Waals surface area contributed by atoms with Crippen molar-refractivity contribution in [1.29, 1.82) is 0 Å². The zero-order valence-corrected chi connectivity index (χ0v) is 8.27. The van der Waals surface area contributed by atoms with Crippen LogP contribution >= 0.6 is 11.3 Å². The molecule has 0 saturated heterocycles. The van der Waals surface area contributed by atoms with Crippen LogP contribution < -0.4 is 11.3 Å². The van der Waals surface area contributed by atoms with Crippen LogP contribution in [0.1, 0.15) is 22.3 Å². The van der Waals surface area contributed by atoms with Crippen LogP contribution in [-0.4, -0.2) is 17.6 Å². The second-order valence-corrected chi connectivity index (χ2v) is 3.49. The number of hydrazine groups is 1. The molecule has 1 rings (SSSR count). The van der Waals surface area contributed by atoms with E-state index in [0.717, 1.165) is 4.88 Å². The Kier molecular flexibility index (Phi) is 3.21. The first-order valence-electron chi connectivity index (χ1n) is 3.80. The smallest absolute Gasteiger partial charge is 0.358 e. The minimum absolute atomic E-state index is 0.333. The average molecular weight is 201 g/mol. The standard InChI is InChI=1S/C7H11N3O2S/c1-3-12-6(11)5-4(2)13-7(9-5)10-8/h3,8H2,1-2H3,(H,9,10). The number of nitrogens with one attached hydrogen (secondary N) is 1. The molecule has 3 N–H and O–H groups in total. The Labute approximate surface area is 79.9 Å². The van der Waals surface area contributed by atoms with Gasteiger partial charge in [0.2, 0.25) is 0 Å². The first kappa shape index (κ1) is 9.94. The minimum Gasteiger partial charge on any atom is -0.461 e. The van der Waals surface area contributed by atoms with Crippen molar-refractivity contribution in [3.63, 3.8) is 0 Å². The molecule has 0 fully saturated rings. The predicted octanol–water partition coefficient (Wildman–Crippen LogP) is 0.914. The van der Waals surface area contributed by atoms with Gasteiger partial charge in [0.25, 0.3) is 0 Å². The van der Waals surface area contributed by atoms with E-state index in [1.54, 1.807) is 13.8 Å². The molecule has 0 aliphatic rings. The van der Waals surface area contributed by atoms with Gasteiger partial charge in [0.1, 0.15) is 0 Å². The number of nitrogens with two attached hydrogens (primary N) is 1. The van der Waals surface area contributed by atoms with Crippen molar-refractivity contribution >= 4 is 22.4 Å². The molecule has 0 amide bonds. The third kappa shape index (κ3) is 2.16. The van der Waals surface area contributed by atoms with Crippen molar-refractivity contribution in [2.75, 3.05) is 12.0 Å². The first-order chi connectivity index (χ1) is 6.19. The second-order valence-electron chi connectivity index (χ2n) is 2.29. The highest BCUT2D eigenvalue weighted by Crippen LogP contribution is 2.21. The molecule has 0 saturated carbocycles. The number of aromatic nitrogens is 1.